The van der Waals surface area contributed by atoms with Crippen molar-refractivity contribution in [3.8, 4) is 0 Å². The summed E-state index contributed by atoms with van der Waals surface area (Å²) in [6, 6.07) is 13.8. The van der Waals surface area contributed by atoms with Crippen LogP contribution in [0.2, 0.25) is 0 Å². The summed E-state index contributed by atoms with van der Waals surface area (Å²) in [6.45, 7) is 2.67. The van der Waals surface area contributed by atoms with Gasteiger partial charge < -0.3 is 4.57 Å². The van der Waals surface area contributed by atoms with E-state index in [0.717, 1.165) is 5.56 Å². The highest BCUT2D eigenvalue weighted by Gasteiger charge is 2.21. The Morgan fingerprint density at radius 3 is 2.64 bits per heavy atom. The van der Waals surface area contributed by atoms with Crippen molar-refractivity contribution in [3.63, 3.8) is 0 Å². The van der Waals surface area contributed by atoms with Gasteiger partial charge in [-0.05, 0) is 24.6 Å². The van der Waals surface area contributed by atoms with Gasteiger partial charge in [-0.3, -0.25) is 9.59 Å². The van der Waals surface area contributed by atoms with Crippen molar-refractivity contribution >= 4 is 17.5 Å². The molecule has 1 aromatic heterocycles. The molecule has 0 saturated heterocycles. The van der Waals surface area contributed by atoms with E-state index >= 15 is 0 Å². The van der Waals surface area contributed by atoms with Gasteiger partial charge >= 0.3 is 0 Å². The summed E-state index contributed by atoms with van der Waals surface area (Å²) in [6.07, 6.45) is 2.51. The van der Waals surface area contributed by atoms with Crippen LogP contribution in [0.5, 0.6) is 0 Å². The summed E-state index contributed by atoms with van der Waals surface area (Å²) < 4.78 is 1.92. The molecule has 1 aliphatic rings. The minimum Gasteiger partial charge on any atom is -0.328 e. The Morgan fingerprint density at radius 1 is 1.16 bits per heavy atom. The molecular weight excluding hydrogens is 316 g/mol. The van der Waals surface area contributed by atoms with Gasteiger partial charge in [-0.2, -0.15) is 10.1 Å². The zero-order chi connectivity index (χ0) is 17.8. The number of hydrazone groups is 1. The van der Waals surface area contributed by atoms with Crippen molar-refractivity contribution in [2.75, 3.05) is 7.05 Å². The quantitative estimate of drug-likeness (QED) is 0.859. The molecule has 2 heterocycles. The number of hydrogen-bond donors (Lipinski definition) is 0. The third kappa shape index (κ3) is 4.09. The van der Waals surface area contributed by atoms with E-state index in [1.165, 1.54) is 10.6 Å². The Hall–Kier alpha value is -3.02. The summed E-state index contributed by atoms with van der Waals surface area (Å²) in [5, 5.41) is 5.24. The lowest BCUT2D eigenvalue weighted by atomic mass is 10.1. The fourth-order valence-electron chi connectivity index (χ4n) is 2.58. The molecule has 0 N–H and O–H groups in total. The summed E-state index contributed by atoms with van der Waals surface area (Å²) in [4.78, 5) is 28.1. The molecule has 2 aromatic rings. The summed E-state index contributed by atoms with van der Waals surface area (Å²) in [5.74, 6) is -0.492. The number of amides is 2. The second-order valence-corrected chi connectivity index (χ2v) is 6.05. The highest BCUT2D eigenvalue weighted by Crippen LogP contribution is 2.08. The molecule has 6 nitrogen and oxygen atoms in total. The molecule has 0 aliphatic carbocycles. The lowest BCUT2D eigenvalue weighted by Crippen LogP contribution is -2.32. The van der Waals surface area contributed by atoms with Crippen LogP contribution >= 0.6 is 0 Å². The van der Waals surface area contributed by atoms with Gasteiger partial charge in [-0.15, -0.1) is 0 Å². The summed E-state index contributed by atoms with van der Waals surface area (Å²) >= 11 is 0. The summed E-state index contributed by atoms with van der Waals surface area (Å²) in [7, 11) is 1.55. The van der Waals surface area contributed by atoms with Crippen LogP contribution in [-0.2, 0) is 16.1 Å². The first-order valence-corrected chi connectivity index (χ1v) is 8.17. The number of benzene rings is 1. The van der Waals surface area contributed by atoms with Gasteiger partial charge in [0.15, 0.2) is 0 Å². The van der Waals surface area contributed by atoms with Gasteiger partial charge in [0.2, 0.25) is 5.91 Å². The van der Waals surface area contributed by atoms with Crippen molar-refractivity contribution in [2.45, 2.75) is 26.3 Å². The average molecular weight is 336 g/mol. The number of aryl methyl sites for hydroxylation is 1. The van der Waals surface area contributed by atoms with Gasteiger partial charge in [0, 0.05) is 32.6 Å². The van der Waals surface area contributed by atoms with E-state index in [0.29, 0.717) is 24.2 Å². The van der Waals surface area contributed by atoms with Crippen LogP contribution in [0.3, 0.4) is 0 Å². The van der Waals surface area contributed by atoms with Crippen LogP contribution in [-0.4, -0.2) is 34.1 Å². The van der Waals surface area contributed by atoms with E-state index in [4.69, 9.17) is 0 Å². The lowest BCUT2D eigenvalue weighted by Gasteiger charge is -2.17. The number of hydrogen-bond acceptors (Lipinski definition) is 3. The van der Waals surface area contributed by atoms with Crippen LogP contribution < -0.4 is 5.49 Å². The maximum absolute atomic E-state index is 12.4. The second kappa shape index (κ2) is 7.25. The standard InChI is InChI=1S/C19H20N4O2/c1-14-6-8-15(9-7-14)13-23-12-4-3-5-17(23)20-19(25)16-10-11-18(24)22(2)21-16/h3-9,12H,10-11,13H2,1-2H3. The molecule has 0 radical (unpaired) electrons. The third-order valence-electron chi connectivity index (χ3n) is 4.06. The average Bonchev–Trinajstić information content (AvgIpc) is 2.61. The molecule has 0 saturated carbocycles. The largest absolute Gasteiger partial charge is 0.328 e. The zero-order valence-corrected chi connectivity index (χ0v) is 14.3. The Labute approximate surface area is 146 Å². The number of nitrogens with zero attached hydrogens (tertiary/aromatic N) is 4. The number of rotatable bonds is 3. The van der Waals surface area contributed by atoms with Crippen molar-refractivity contribution in [1.82, 2.24) is 9.58 Å². The monoisotopic (exact) mass is 336 g/mol. The fraction of sp³-hybridized carbons (Fsp3) is 0.263. The second-order valence-electron chi connectivity index (χ2n) is 6.05. The predicted octanol–water partition coefficient (Wildman–Crippen LogP) is 1.88. The third-order valence-corrected chi connectivity index (χ3v) is 4.06. The first kappa shape index (κ1) is 16.8. The van der Waals surface area contributed by atoms with Crippen LogP contribution in [0.15, 0.2) is 58.8 Å². The molecule has 0 fully saturated rings. The van der Waals surface area contributed by atoms with Gasteiger partial charge in [0.05, 0.1) is 0 Å². The molecule has 2 amide bonds. The van der Waals surface area contributed by atoms with Crippen LogP contribution in [0, 0.1) is 6.92 Å². The molecule has 0 spiro atoms. The molecule has 128 valence electrons. The first-order valence-electron chi connectivity index (χ1n) is 8.17. The highest BCUT2D eigenvalue weighted by molar-refractivity contribution is 6.39. The normalized spacial score (nSPS) is 15.3. The molecule has 0 atom stereocenters. The maximum atomic E-state index is 12.4. The SMILES string of the molecule is Cc1ccc(Cn2ccccc2=NC(=O)C2=NN(C)C(=O)CC2)cc1. The maximum Gasteiger partial charge on any atom is 0.295 e. The van der Waals surface area contributed by atoms with E-state index in [1.54, 1.807) is 13.1 Å². The molecule has 1 aliphatic heterocycles. The predicted molar refractivity (Wildman–Crippen MR) is 94.7 cm³/mol. The van der Waals surface area contributed by atoms with Gasteiger partial charge in [0.25, 0.3) is 5.91 Å². The number of aromatic nitrogens is 1. The van der Waals surface area contributed by atoms with E-state index in [9.17, 15) is 9.59 Å². The van der Waals surface area contributed by atoms with Gasteiger partial charge in [-0.1, -0.05) is 35.9 Å². The Kier molecular flexibility index (Phi) is 4.88. The lowest BCUT2D eigenvalue weighted by molar-refractivity contribution is -0.130. The highest BCUT2D eigenvalue weighted by atomic mass is 16.2. The molecule has 0 bridgehead atoms. The van der Waals surface area contributed by atoms with Gasteiger partial charge in [0.1, 0.15) is 11.2 Å². The Balaban J connectivity index is 1.88. The fourth-order valence-corrected chi connectivity index (χ4v) is 2.58. The molecule has 0 unspecified atom stereocenters. The smallest absolute Gasteiger partial charge is 0.295 e. The Bertz CT molecular complexity index is 894. The van der Waals surface area contributed by atoms with Crippen molar-refractivity contribution < 1.29 is 9.59 Å². The number of carbonyl (C=O) groups is 2. The molecular formula is C19H20N4O2. The molecule has 3 rings (SSSR count). The van der Waals surface area contributed by atoms with Crippen LogP contribution in [0.25, 0.3) is 0 Å². The van der Waals surface area contributed by atoms with Crippen molar-refractivity contribution in [2.24, 2.45) is 10.1 Å². The van der Waals surface area contributed by atoms with E-state index in [1.807, 2.05) is 29.8 Å². The number of pyridine rings is 1. The Morgan fingerprint density at radius 2 is 1.92 bits per heavy atom. The first-order chi connectivity index (χ1) is 12.0. The van der Waals surface area contributed by atoms with Gasteiger partial charge in [-0.25, -0.2) is 5.01 Å². The minimum atomic E-state index is -0.400. The minimum absolute atomic E-state index is 0.0919. The van der Waals surface area contributed by atoms with E-state index in [-0.39, 0.29) is 12.3 Å². The van der Waals surface area contributed by atoms with E-state index < -0.39 is 5.91 Å². The summed E-state index contributed by atoms with van der Waals surface area (Å²) in [5.41, 5.74) is 3.21. The molecule has 6 heteroatoms. The van der Waals surface area contributed by atoms with Crippen molar-refractivity contribution in [3.05, 3.63) is 65.3 Å². The van der Waals surface area contributed by atoms with Crippen LogP contribution in [0.1, 0.15) is 24.0 Å². The topological polar surface area (TPSA) is 67.0 Å². The zero-order valence-electron chi connectivity index (χ0n) is 14.3. The molecule has 1 aromatic carbocycles. The van der Waals surface area contributed by atoms with E-state index in [2.05, 4.69) is 34.4 Å². The van der Waals surface area contributed by atoms with Crippen LogP contribution in [0.4, 0.5) is 0 Å². The van der Waals surface area contributed by atoms with Crippen molar-refractivity contribution in [1.29, 1.82) is 0 Å². The number of carbonyl (C=O) groups excluding carboxylic acids is 2. The molecule has 25 heavy (non-hydrogen) atoms.